The SMILES string of the molecule is NCCCNc1cnn(-c2cccc(Cl)c2)c1C1CCC1. The van der Waals surface area contributed by atoms with E-state index in [-0.39, 0.29) is 0 Å². The molecule has 1 saturated carbocycles. The average Bonchev–Trinajstić information content (AvgIpc) is 2.81. The molecule has 5 heteroatoms. The molecule has 21 heavy (non-hydrogen) atoms. The van der Waals surface area contributed by atoms with Crippen molar-refractivity contribution < 1.29 is 0 Å². The van der Waals surface area contributed by atoms with Crippen LogP contribution in [0.5, 0.6) is 0 Å². The first-order valence-corrected chi connectivity index (χ1v) is 7.95. The van der Waals surface area contributed by atoms with E-state index >= 15 is 0 Å². The lowest BCUT2D eigenvalue weighted by Gasteiger charge is -2.27. The first-order chi connectivity index (χ1) is 10.3. The summed E-state index contributed by atoms with van der Waals surface area (Å²) in [7, 11) is 0. The second-order valence-electron chi connectivity index (χ2n) is 5.53. The van der Waals surface area contributed by atoms with Gasteiger partial charge in [-0.2, -0.15) is 5.10 Å². The molecule has 0 spiro atoms. The van der Waals surface area contributed by atoms with Gasteiger partial charge in [-0.1, -0.05) is 24.1 Å². The number of rotatable bonds is 6. The van der Waals surface area contributed by atoms with Gasteiger partial charge in [0.25, 0.3) is 0 Å². The fraction of sp³-hybridized carbons (Fsp3) is 0.438. The van der Waals surface area contributed by atoms with Gasteiger partial charge < -0.3 is 11.1 Å². The zero-order valence-corrected chi connectivity index (χ0v) is 12.8. The van der Waals surface area contributed by atoms with Crippen molar-refractivity contribution in [1.82, 2.24) is 9.78 Å². The Morgan fingerprint density at radius 3 is 2.90 bits per heavy atom. The molecule has 4 nitrogen and oxygen atoms in total. The summed E-state index contributed by atoms with van der Waals surface area (Å²) in [6.45, 7) is 1.59. The van der Waals surface area contributed by atoms with Gasteiger partial charge in [-0.05, 0) is 44.0 Å². The number of nitrogens with one attached hydrogen (secondary N) is 1. The summed E-state index contributed by atoms with van der Waals surface area (Å²) in [6.07, 6.45) is 6.65. The van der Waals surface area contributed by atoms with E-state index in [2.05, 4.69) is 10.4 Å². The third-order valence-electron chi connectivity index (χ3n) is 4.05. The Kier molecular flexibility index (Phi) is 4.46. The number of anilines is 1. The predicted octanol–water partition coefficient (Wildman–Crippen LogP) is 3.55. The number of aromatic nitrogens is 2. The highest BCUT2D eigenvalue weighted by molar-refractivity contribution is 6.30. The third kappa shape index (κ3) is 3.06. The molecule has 112 valence electrons. The van der Waals surface area contributed by atoms with E-state index in [0.717, 1.165) is 29.4 Å². The van der Waals surface area contributed by atoms with E-state index in [1.807, 2.05) is 35.1 Å². The zero-order valence-electron chi connectivity index (χ0n) is 12.1. The van der Waals surface area contributed by atoms with Crippen molar-refractivity contribution >= 4 is 17.3 Å². The van der Waals surface area contributed by atoms with Crippen LogP contribution in [-0.2, 0) is 0 Å². The van der Waals surface area contributed by atoms with Crippen molar-refractivity contribution in [3.05, 3.63) is 41.2 Å². The number of nitrogens with zero attached hydrogens (tertiary/aromatic N) is 2. The highest BCUT2D eigenvalue weighted by atomic mass is 35.5. The molecule has 1 aromatic carbocycles. The molecular formula is C16H21ClN4. The van der Waals surface area contributed by atoms with Crippen molar-refractivity contribution in [2.45, 2.75) is 31.6 Å². The van der Waals surface area contributed by atoms with E-state index in [1.54, 1.807) is 0 Å². The van der Waals surface area contributed by atoms with Crippen LogP contribution in [0.15, 0.2) is 30.5 Å². The summed E-state index contributed by atoms with van der Waals surface area (Å²) in [5.41, 5.74) is 9.00. The fourth-order valence-corrected chi connectivity index (χ4v) is 2.89. The molecule has 2 aromatic rings. The van der Waals surface area contributed by atoms with E-state index in [9.17, 15) is 0 Å². The molecule has 1 aromatic heterocycles. The van der Waals surface area contributed by atoms with Crippen LogP contribution in [0.2, 0.25) is 5.02 Å². The van der Waals surface area contributed by atoms with Crippen molar-refractivity contribution in [2.24, 2.45) is 5.73 Å². The van der Waals surface area contributed by atoms with Gasteiger partial charge in [-0.3, -0.25) is 0 Å². The minimum absolute atomic E-state index is 0.590. The standard InChI is InChI=1S/C16H21ClN4/c17-13-6-2-7-14(10-13)21-16(12-4-1-5-12)15(11-20-21)19-9-3-8-18/h2,6-7,10-12,19H,1,3-5,8-9,18H2. The molecule has 1 aliphatic carbocycles. The van der Waals surface area contributed by atoms with E-state index in [0.29, 0.717) is 12.5 Å². The van der Waals surface area contributed by atoms with Gasteiger partial charge in [0.1, 0.15) is 0 Å². The largest absolute Gasteiger partial charge is 0.382 e. The molecule has 0 bridgehead atoms. The van der Waals surface area contributed by atoms with Gasteiger partial charge in [0, 0.05) is 17.5 Å². The molecular weight excluding hydrogens is 284 g/mol. The van der Waals surface area contributed by atoms with Crippen molar-refractivity contribution in [1.29, 1.82) is 0 Å². The number of hydrogen-bond donors (Lipinski definition) is 2. The Morgan fingerprint density at radius 2 is 2.24 bits per heavy atom. The smallest absolute Gasteiger partial charge is 0.0766 e. The highest BCUT2D eigenvalue weighted by Gasteiger charge is 2.27. The van der Waals surface area contributed by atoms with E-state index < -0.39 is 0 Å². The van der Waals surface area contributed by atoms with Crippen LogP contribution in [0.25, 0.3) is 5.69 Å². The normalized spacial score (nSPS) is 15.0. The van der Waals surface area contributed by atoms with Crippen LogP contribution in [-0.4, -0.2) is 22.9 Å². The highest BCUT2D eigenvalue weighted by Crippen LogP contribution is 2.40. The average molecular weight is 305 g/mol. The van der Waals surface area contributed by atoms with Crippen LogP contribution in [0.4, 0.5) is 5.69 Å². The topological polar surface area (TPSA) is 55.9 Å². The van der Waals surface area contributed by atoms with Crippen molar-refractivity contribution in [2.75, 3.05) is 18.4 Å². The Morgan fingerprint density at radius 1 is 1.38 bits per heavy atom. The molecule has 0 atom stereocenters. The lowest BCUT2D eigenvalue weighted by atomic mass is 9.82. The van der Waals surface area contributed by atoms with Crippen LogP contribution < -0.4 is 11.1 Å². The Balaban J connectivity index is 1.92. The van der Waals surface area contributed by atoms with Crippen LogP contribution in [0, 0.1) is 0 Å². The summed E-state index contributed by atoms with van der Waals surface area (Å²) in [4.78, 5) is 0. The van der Waals surface area contributed by atoms with Crippen LogP contribution >= 0.6 is 11.6 Å². The van der Waals surface area contributed by atoms with Crippen LogP contribution in [0.3, 0.4) is 0 Å². The summed E-state index contributed by atoms with van der Waals surface area (Å²) in [5, 5.41) is 8.78. The molecule has 3 rings (SSSR count). The Hall–Kier alpha value is -1.52. The van der Waals surface area contributed by atoms with Gasteiger partial charge >= 0.3 is 0 Å². The molecule has 0 radical (unpaired) electrons. The number of nitrogens with two attached hydrogens (primary N) is 1. The number of halogens is 1. The quantitative estimate of drug-likeness (QED) is 0.802. The minimum Gasteiger partial charge on any atom is -0.382 e. The number of benzene rings is 1. The molecule has 0 unspecified atom stereocenters. The summed E-state index contributed by atoms with van der Waals surface area (Å²) in [5.74, 6) is 0.590. The zero-order chi connectivity index (χ0) is 14.7. The van der Waals surface area contributed by atoms with Gasteiger partial charge in [-0.25, -0.2) is 4.68 Å². The van der Waals surface area contributed by atoms with E-state index in [4.69, 9.17) is 17.3 Å². The lowest BCUT2D eigenvalue weighted by molar-refractivity contribution is 0.404. The summed E-state index contributed by atoms with van der Waals surface area (Å²) < 4.78 is 2.03. The van der Waals surface area contributed by atoms with Crippen molar-refractivity contribution in [3.63, 3.8) is 0 Å². The molecule has 3 N–H and O–H groups in total. The van der Waals surface area contributed by atoms with E-state index in [1.165, 1.54) is 25.0 Å². The molecule has 0 aliphatic heterocycles. The maximum atomic E-state index is 6.11. The predicted molar refractivity (Wildman–Crippen MR) is 87.3 cm³/mol. The summed E-state index contributed by atoms with van der Waals surface area (Å²) in [6, 6.07) is 7.86. The van der Waals surface area contributed by atoms with Crippen molar-refractivity contribution in [3.8, 4) is 5.69 Å². The van der Waals surface area contributed by atoms with Crippen LogP contribution in [0.1, 0.15) is 37.3 Å². The monoisotopic (exact) mass is 304 g/mol. The lowest BCUT2D eigenvalue weighted by Crippen LogP contribution is -2.17. The summed E-state index contributed by atoms with van der Waals surface area (Å²) >= 11 is 6.11. The van der Waals surface area contributed by atoms with Gasteiger partial charge in [0.2, 0.25) is 0 Å². The molecule has 1 aliphatic rings. The minimum atomic E-state index is 0.590. The maximum absolute atomic E-state index is 6.11. The molecule has 1 heterocycles. The third-order valence-corrected chi connectivity index (χ3v) is 4.28. The molecule has 1 fully saturated rings. The molecule has 0 saturated heterocycles. The second-order valence-corrected chi connectivity index (χ2v) is 5.97. The first-order valence-electron chi connectivity index (χ1n) is 7.57. The van der Waals surface area contributed by atoms with Gasteiger partial charge in [-0.15, -0.1) is 0 Å². The maximum Gasteiger partial charge on any atom is 0.0766 e. The second kappa shape index (κ2) is 6.50. The Bertz CT molecular complexity index is 604. The fourth-order valence-electron chi connectivity index (χ4n) is 2.71. The first kappa shape index (κ1) is 14.4. The van der Waals surface area contributed by atoms with Gasteiger partial charge in [0.15, 0.2) is 0 Å². The molecule has 0 amide bonds. The van der Waals surface area contributed by atoms with Gasteiger partial charge in [0.05, 0.1) is 23.3 Å². The Labute approximate surface area is 130 Å². The number of hydrogen-bond acceptors (Lipinski definition) is 3.